The van der Waals surface area contributed by atoms with Crippen LogP contribution in [0.2, 0.25) is 5.15 Å². The molecule has 3 aromatic rings. The van der Waals surface area contributed by atoms with Gasteiger partial charge in [-0.25, -0.2) is 19.7 Å². The van der Waals surface area contributed by atoms with Gasteiger partial charge in [0.15, 0.2) is 0 Å². The van der Waals surface area contributed by atoms with Gasteiger partial charge in [0.25, 0.3) is 0 Å². The van der Waals surface area contributed by atoms with E-state index in [1.807, 2.05) is 39.0 Å². The lowest BCUT2D eigenvalue weighted by Crippen LogP contribution is -2.47. The van der Waals surface area contributed by atoms with Gasteiger partial charge in [0.1, 0.15) is 27.4 Å². The maximum atomic E-state index is 12.7. The number of hydrogen-bond acceptors (Lipinski definition) is 8. The summed E-state index contributed by atoms with van der Waals surface area (Å²) in [4.78, 5) is 29.0. The molecule has 2 fully saturated rings. The lowest BCUT2D eigenvalue weighted by Gasteiger charge is -2.35. The molecule has 4 heterocycles. The molecule has 10 heteroatoms. The number of ether oxygens (including phenoxy) is 2. The summed E-state index contributed by atoms with van der Waals surface area (Å²) in [5, 5.41) is 4.79. The van der Waals surface area contributed by atoms with E-state index in [0.29, 0.717) is 42.8 Å². The molecule has 1 atom stereocenters. The SMILES string of the molecule is CC(C)(C)OC(=O)N1CCCC(Nc2nc(C3CCOCC3)nc(Cl)c2-c2nc3ccccc3s2)C1. The van der Waals surface area contributed by atoms with E-state index in [2.05, 4.69) is 11.4 Å². The van der Waals surface area contributed by atoms with Crippen LogP contribution in [0.15, 0.2) is 24.3 Å². The zero-order valence-corrected chi connectivity index (χ0v) is 22.5. The van der Waals surface area contributed by atoms with Gasteiger partial charge in [-0.1, -0.05) is 23.7 Å². The Kier molecular flexibility index (Phi) is 7.32. The van der Waals surface area contributed by atoms with Crippen LogP contribution in [0, 0.1) is 0 Å². The lowest BCUT2D eigenvalue weighted by atomic mass is 9.99. The minimum atomic E-state index is -0.531. The largest absolute Gasteiger partial charge is 0.444 e. The number of aromatic nitrogens is 3. The number of para-hydroxylation sites is 1. The van der Waals surface area contributed by atoms with Crippen molar-refractivity contribution >= 4 is 45.1 Å². The number of carbonyl (C=O) groups excluding carboxylic acids is 1. The highest BCUT2D eigenvalue weighted by atomic mass is 35.5. The van der Waals surface area contributed by atoms with E-state index in [1.165, 1.54) is 0 Å². The first-order chi connectivity index (χ1) is 17.3. The van der Waals surface area contributed by atoms with Crippen LogP contribution in [-0.2, 0) is 9.47 Å². The van der Waals surface area contributed by atoms with Gasteiger partial charge in [0.05, 0.1) is 15.8 Å². The maximum Gasteiger partial charge on any atom is 0.410 e. The topological polar surface area (TPSA) is 89.5 Å². The summed E-state index contributed by atoms with van der Waals surface area (Å²) in [6.45, 7) is 8.25. The fourth-order valence-corrected chi connectivity index (χ4v) is 5.98. The fraction of sp³-hybridized carbons (Fsp3) is 0.538. The molecule has 2 aromatic heterocycles. The zero-order valence-electron chi connectivity index (χ0n) is 20.9. The highest BCUT2D eigenvalue weighted by molar-refractivity contribution is 7.21. The first-order valence-electron chi connectivity index (χ1n) is 12.5. The number of rotatable bonds is 4. The van der Waals surface area contributed by atoms with E-state index >= 15 is 0 Å². The standard InChI is InChI=1S/C26H32ClN5O3S/c1-26(2,3)35-25(33)32-12-6-7-17(15-32)28-23-20(24-29-18-8-4-5-9-19(18)36-24)21(27)30-22(31-23)16-10-13-34-14-11-16/h4-5,8-9,16-17H,6-7,10-15H2,1-3H3,(H,28,30,31). The van der Waals surface area contributed by atoms with Crippen molar-refractivity contribution in [1.82, 2.24) is 19.9 Å². The molecular formula is C26H32ClN5O3S. The third kappa shape index (κ3) is 5.74. The number of thiazole rings is 1. The molecule has 1 unspecified atom stereocenters. The van der Waals surface area contributed by atoms with E-state index in [1.54, 1.807) is 16.2 Å². The van der Waals surface area contributed by atoms with Crippen molar-refractivity contribution in [2.45, 2.75) is 64.0 Å². The first kappa shape index (κ1) is 25.2. The van der Waals surface area contributed by atoms with Crippen molar-refractivity contribution in [3.05, 3.63) is 35.2 Å². The van der Waals surface area contributed by atoms with E-state index in [4.69, 9.17) is 36.0 Å². The number of halogens is 1. The van der Waals surface area contributed by atoms with Crippen LogP contribution in [0.5, 0.6) is 0 Å². The van der Waals surface area contributed by atoms with Crippen molar-refractivity contribution < 1.29 is 14.3 Å². The second-order valence-electron chi connectivity index (χ2n) is 10.4. The summed E-state index contributed by atoms with van der Waals surface area (Å²) in [6.07, 6.45) is 3.23. The van der Waals surface area contributed by atoms with Gasteiger partial charge in [-0.3, -0.25) is 0 Å². The Morgan fingerprint density at radius 1 is 1.17 bits per heavy atom. The average molecular weight is 530 g/mol. The van der Waals surface area contributed by atoms with Crippen molar-refractivity contribution in [3.8, 4) is 10.6 Å². The van der Waals surface area contributed by atoms with Crippen LogP contribution in [0.25, 0.3) is 20.8 Å². The van der Waals surface area contributed by atoms with Crippen LogP contribution in [0.3, 0.4) is 0 Å². The Morgan fingerprint density at radius 3 is 2.69 bits per heavy atom. The predicted octanol–water partition coefficient (Wildman–Crippen LogP) is 6.11. The van der Waals surface area contributed by atoms with Gasteiger partial charge in [0.2, 0.25) is 0 Å². The van der Waals surface area contributed by atoms with E-state index in [9.17, 15) is 4.79 Å². The number of carbonyl (C=O) groups is 1. The predicted molar refractivity (Wildman–Crippen MR) is 143 cm³/mol. The Bertz CT molecular complexity index is 1210. The number of amides is 1. The van der Waals surface area contributed by atoms with Crippen LogP contribution in [0.4, 0.5) is 10.6 Å². The third-order valence-corrected chi connectivity index (χ3v) is 7.72. The normalized spacial score (nSPS) is 19.4. The molecule has 2 aliphatic heterocycles. The van der Waals surface area contributed by atoms with Gasteiger partial charge in [-0.2, -0.15) is 0 Å². The molecule has 0 spiro atoms. The monoisotopic (exact) mass is 529 g/mol. The average Bonchev–Trinajstić information content (AvgIpc) is 3.27. The second kappa shape index (κ2) is 10.5. The molecule has 192 valence electrons. The number of likely N-dealkylation sites (tertiary alicyclic amines) is 1. The van der Waals surface area contributed by atoms with Crippen LogP contribution >= 0.6 is 22.9 Å². The molecular weight excluding hydrogens is 498 g/mol. The molecule has 0 saturated carbocycles. The van der Waals surface area contributed by atoms with E-state index in [-0.39, 0.29) is 18.1 Å². The maximum absolute atomic E-state index is 12.7. The molecule has 0 bridgehead atoms. The van der Waals surface area contributed by atoms with E-state index in [0.717, 1.165) is 46.7 Å². The Balaban J connectivity index is 1.47. The van der Waals surface area contributed by atoms with Crippen LogP contribution < -0.4 is 5.32 Å². The minimum absolute atomic E-state index is 0.00732. The van der Waals surface area contributed by atoms with Gasteiger partial charge in [-0.05, 0) is 58.6 Å². The summed E-state index contributed by atoms with van der Waals surface area (Å²) in [6, 6.07) is 8.03. The fourth-order valence-electron chi connectivity index (χ4n) is 4.64. The molecule has 1 N–H and O–H groups in total. The van der Waals surface area contributed by atoms with E-state index < -0.39 is 5.60 Å². The summed E-state index contributed by atoms with van der Waals surface area (Å²) in [7, 11) is 0. The second-order valence-corrected chi connectivity index (χ2v) is 11.8. The summed E-state index contributed by atoms with van der Waals surface area (Å²) in [5.74, 6) is 1.60. The molecule has 1 aromatic carbocycles. The Labute approximate surface area is 220 Å². The number of anilines is 1. The molecule has 5 rings (SSSR count). The molecule has 0 radical (unpaired) electrons. The molecule has 2 saturated heterocycles. The Hall–Kier alpha value is -2.49. The third-order valence-electron chi connectivity index (χ3n) is 6.39. The van der Waals surface area contributed by atoms with Gasteiger partial charge >= 0.3 is 6.09 Å². The minimum Gasteiger partial charge on any atom is -0.444 e. The van der Waals surface area contributed by atoms with Gasteiger partial charge in [0, 0.05) is 38.3 Å². The number of benzene rings is 1. The van der Waals surface area contributed by atoms with Crippen molar-refractivity contribution in [2.24, 2.45) is 0 Å². The van der Waals surface area contributed by atoms with Crippen molar-refractivity contribution in [2.75, 3.05) is 31.6 Å². The van der Waals surface area contributed by atoms with Gasteiger partial charge < -0.3 is 19.7 Å². The van der Waals surface area contributed by atoms with Crippen molar-refractivity contribution in [3.63, 3.8) is 0 Å². The zero-order chi connectivity index (χ0) is 25.3. The number of fused-ring (bicyclic) bond motifs is 1. The summed E-state index contributed by atoms with van der Waals surface area (Å²) < 4.78 is 12.2. The molecule has 1 amide bonds. The quantitative estimate of drug-likeness (QED) is 0.407. The molecule has 36 heavy (non-hydrogen) atoms. The number of hydrogen-bond donors (Lipinski definition) is 1. The summed E-state index contributed by atoms with van der Waals surface area (Å²) in [5.41, 5.74) is 1.10. The Morgan fingerprint density at radius 2 is 1.94 bits per heavy atom. The van der Waals surface area contributed by atoms with Gasteiger partial charge in [-0.15, -0.1) is 11.3 Å². The van der Waals surface area contributed by atoms with Crippen LogP contribution in [0.1, 0.15) is 58.2 Å². The number of nitrogens with zero attached hydrogens (tertiary/aromatic N) is 4. The number of piperidine rings is 1. The summed E-state index contributed by atoms with van der Waals surface area (Å²) >= 11 is 8.42. The molecule has 8 nitrogen and oxygen atoms in total. The highest BCUT2D eigenvalue weighted by Crippen LogP contribution is 2.39. The smallest absolute Gasteiger partial charge is 0.410 e. The highest BCUT2D eigenvalue weighted by Gasteiger charge is 2.30. The first-order valence-corrected chi connectivity index (χ1v) is 13.7. The van der Waals surface area contributed by atoms with Crippen LogP contribution in [-0.4, -0.2) is 63.9 Å². The molecule has 0 aliphatic carbocycles. The van der Waals surface area contributed by atoms with Crippen molar-refractivity contribution in [1.29, 1.82) is 0 Å². The molecule has 2 aliphatic rings. The lowest BCUT2D eigenvalue weighted by molar-refractivity contribution is 0.0206. The number of nitrogens with one attached hydrogen (secondary N) is 1.